The fourth-order valence-electron chi connectivity index (χ4n) is 7.63. The third-order valence-electron chi connectivity index (χ3n) is 10.0. The normalized spacial score (nSPS) is 11.6. The third kappa shape index (κ3) is 4.89. The highest BCUT2D eigenvalue weighted by Gasteiger charge is 2.20. The molecular weight excluding hydrogens is 605 g/mol. The summed E-state index contributed by atoms with van der Waals surface area (Å²) in [6.45, 7) is 0. The largest absolute Gasteiger partial charge is 0.354 e. The van der Waals surface area contributed by atoms with Crippen LogP contribution in [0, 0.1) is 0 Å². The maximum Gasteiger partial charge on any atom is 0.0709 e. The molecule has 0 bridgehead atoms. The maximum atomic E-state index is 3.89. The molecule has 10 aromatic carbocycles. The van der Waals surface area contributed by atoms with Crippen LogP contribution in [-0.4, -0.2) is 0 Å². The van der Waals surface area contributed by atoms with Crippen molar-refractivity contribution < 1.29 is 0 Å². The molecule has 0 saturated heterocycles. The molecule has 0 spiro atoms. The molecule has 10 aromatic rings. The number of hydrogen-bond donors (Lipinski definition) is 2. The molecule has 50 heavy (non-hydrogen) atoms. The molecular formula is C48H32N2. The van der Waals surface area contributed by atoms with E-state index in [0.717, 1.165) is 22.7 Å². The molecule has 234 valence electrons. The first kappa shape index (κ1) is 28.4. The predicted octanol–water partition coefficient (Wildman–Crippen LogP) is 13.8. The van der Waals surface area contributed by atoms with E-state index in [1.54, 1.807) is 0 Å². The van der Waals surface area contributed by atoms with Gasteiger partial charge in [0.15, 0.2) is 0 Å². The monoisotopic (exact) mass is 636 g/mol. The Morgan fingerprint density at radius 3 is 1.30 bits per heavy atom. The van der Waals surface area contributed by atoms with Crippen LogP contribution in [0.25, 0.3) is 75.8 Å². The summed E-state index contributed by atoms with van der Waals surface area (Å²) in [7, 11) is 0. The van der Waals surface area contributed by atoms with E-state index >= 15 is 0 Å². The van der Waals surface area contributed by atoms with E-state index in [4.69, 9.17) is 0 Å². The van der Waals surface area contributed by atoms with Gasteiger partial charge in [0.2, 0.25) is 0 Å². The number of anilines is 4. The van der Waals surface area contributed by atoms with Gasteiger partial charge in [-0.1, -0.05) is 103 Å². The molecule has 0 radical (unpaired) electrons. The molecule has 10 rings (SSSR count). The summed E-state index contributed by atoms with van der Waals surface area (Å²) >= 11 is 0. The van der Waals surface area contributed by atoms with Crippen molar-refractivity contribution in [2.45, 2.75) is 0 Å². The second-order valence-electron chi connectivity index (χ2n) is 13.2. The van der Waals surface area contributed by atoms with Crippen LogP contribution >= 0.6 is 0 Å². The van der Waals surface area contributed by atoms with Crippen LogP contribution in [0.3, 0.4) is 0 Å². The summed E-state index contributed by atoms with van der Waals surface area (Å²) < 4.78 is 0. The average Bonchev–Trinajstić information content (AvgIpc) is 3.15. The van der Waals surface area contributed by atoms with E-state index < -0.39 is 0 Å². The van der Waals surface area contributed by atoms with Gasteiger partial charge in [0, 0.05) is 16.9 Å². The molecule has 0 fully saturated rings. The van der Waals surface area contributed by atoms with Crippen LogP contribution in [0.15, 0.2) is 182 Å². The zero-order valence-electron chi connectivity index (χ0n) is 27.3. The van der Waals surface area contributed by atoms with E-state index in [1.165, 1.54) is 75.8 Å². The van der Waals surface area contributed by atoms with Gasteiger partial charge in [-0.05, 0) is 149 Å². The molecule has 0 heterocycles. The number of hydrogen-bond acceptors (Lipinski definition) is 2. The van der Waals surface area contributed by atoms with Crippen molar-refractivity contribution in [3.63, 3.8) is 0 Å². The molecule has 0 aliphatic rings. The highest BCUT2D eigenvalue weighted by molar-refractivity contribution is 6.19. The van der Waals surface area contributed by atoms with E-state index in [9.17, 15) is 0 Å². The second kappa shape index (κ2) is 11.5. The molecule has 0 saturated carbocycles. The van der Waals surface area contributed by atoms with Crippen LogP contribution in [0.4, 0.5) is 22.7 Å². The summed E-state index contributed by atoms with van der Waals surface area (Å²) in [6.07, 6.45) is 0. The Bertz CT molecular complexity index is 2910. The molecule has 2 N–H and O–H groups in total. The Morgan fingerprint density at radius 2 is 0.720 bits per heavy atom. The minimum atomic E-state index is 1.02. The van der Waals surface area contributed by atoms with Gasteiger partial charge in [-0.2, -0.15) is 0 Å². The lowest BCUT2D eigenvalue weighted by molar-refractivity contribution is 1.52. The van der Waals surface area contributed by atoms with Crippen LogP contribution in [0.1, 0.15) is 0 Å². The Kier molecular flexibility index (Phi) is 6.53. The van der Waals surface area contributed by atoms with E-state index in [2.05, 4.69) is 193 Å². The van der Waals surface area contributed by atoms with Crippen molar-refractivity contribution >= 4 is 87.4 Å². The SMILES string of the molecule is c1ccc(Nc2cc3cc4cc5ccccc5cc4cc3c(-c3cccc4cc5cc6ccccc6cc5cc34)c2Nc2ccccc2)cc1. The molecule has 0 atom stereocenters. The average molecular weight is 637 g/mol. The van der Waals surface area contributed by atoms with Gasteiger partial charge in [0.05, 0.1) is 11.4 Å². The second-order valence-corrected chi connectivity index (χ2v) is 13.2. The van der Waals surface area contributed by atoms with Gasteiger partial charge in [0.1, 0.15) is 0 Å². The van der Waals surface area contributed by atoms with Crippen molar-refractivity contribution in [1.82, 2.24) is 0 Å². The molecule has 0 amide bonds. The van der Waals surface area contributed by atoms with Gasteiger partial charge < -0.3 is 10.6 Å². The molecule has 2 heteroatoms. The number of para-hydroxylation sites is 2. The molecule has 0 aliphatic carbocycles. The Balaban J connectivity index is 1.32. The van der Waals surface area contributed by atoms with Crippen LogP contribution in [0.5, 0.6) is 0 Å². The first-order valence-corrected chi connectivity index (χ1v) is 17.2. The number of benzene rings is 10. The molecule has 0 unspecified atom stereocenters. The van der Waals surface area contributed by atoms with E-state index in [-0.39, 0.29) is 0 Å². The highest BCUT2D eigenvalue weighted by Crippen LogP contribution is 2.47. The fraction of sp³-hybridized carbons (Fsp3) is 0. The topological polar surface area (TPSA) is 24.1 Å². The third-order valence-corrected chi connectivity index (χ3v) is 10.0. The van der Waals surface area contributed by atoms with E-state index in [1.807, 2.05) is 0 Å². The highest BCUT2D eigenvalue weighted by atomic mass is 15.0. The smallest absolute Gasteiger partial charge is 0.0709 e. The van der Waals surface area contributed by atoms with E-state index in [0.29, 0.717) is 0 Å². The van der Waals surface area contributed by atoms with Gasteiger partial charge in [0.25, 0.3) is 0 Å². The Labute approximate surface area is 290 Å². The Hall–Kier alpha value is -6.64. The van der Waals surface area contributed by atoms with Crippen molar-refractivity contribution in [2.75, 3.05) is 10.6 Å². The van der Waals surface area contributed by atoms with Gasteiger partial charge in [-0.15, -0.1) is 0 Å². The standard InChI is InChI=1S/C48H32N2/c1-3-17-41(18-4-1)49-46-30-40-27-37-23-32-13-8-10-15-34(32)25-39(37)29-45(40)47(48(46)50-42-19-5-2-6-20-42)43-21-11-16-35-26-36-22-31-12-7-9-14-33(31)24-38(36)28-44(35)43/h1-30,49-50H. The van der Waals surface area contributed by atoms with Crippen LogP contribution in [0.2, 0.25) is 0 Å². The lowest BCUT2D eigenvalue weighted by Gasteiger charge is -2.22. The van der Waals surface area contributed by atoms with Gasteiger partial charge in [-0.25, -0.2) is 0 Å². The molecule has 0 aliphatic heterocycles. The zero-order chi connectivity index (χ0) is 33.0. The summed E-state index contributed by atoms with van der Waals surface area (Å²) in [4.78, 5) is 0. The predicted molar refractivity (Wildman–Crippen MR) is 216 cm³/mol. The van der Waals surface area contributed by atoms with Gasteiger partial charge >= 0.3 is 0 Å². The number of rotatable bonds is 5. The van der Waals surface area contributed by atoms with Crippen molar-refractivity contribution in [3.8, 4) is 11.1 Å². The zero-order valence-corrected chi connectivity index (χ0v) is 27.3. The van der Waals surface area contributed by atoms with Gasteiger partial charge in [-0.3, -0.25) is 0 Å². The molecule has 2 nitrogen and oxygen atoms in total. The number of nitrogens with one attached hydrogen (secondary N) is 2. The Morgan fingerprint density at radius 1 is 0.280 bits per heavy atom. The minimum Gasteiger partial charge on any atom is -0.354 e. The van der Waals surface area contributed by atoms with Crippen molar-refractivity contribution in [1.29, 1.82) is 0 Å². The summed E-state index contributed by atoms with van der Waals surface area (Å²) in [5, 5.41) is 22.5. The first-order valence-electron chi connectivity index (χ1n) is 17.2. The maximum absolute atomic E-state index is 3.89. The number of fused-ring (bicyclic) bond motifs is 6. The fourth-order valence-corrected chi connectivity index (χ4v) is 7.63. The lowest BCUT2D eigenvalue weighted by atomic mass is 9.88. The molecule has 0 aromatic heterocycles. The minimum absolute atomic E-state index is 1.02. The summed E-state index contributed by atoms with van der Waals surface area (Å²) in [6, 6.07) is 66.0. The summed E-state index contributed by atoms with van der Waals surface area (Å²) in [5.41, 5.74) is 6.50. The van der Waals surface area contributed by atoms with Crippen molar-refractivity contribution in [3.05, 3.63) is 182 Å². The van der Waals surface area contributed by atoms with Crippen LogP contribution in [-0.2, 0) is 0 Å². The summed E-state index contributed by atoms with van der Waals surface area (Å²) in [5.74, 6) is 0. The lowest BCUT2D eigenvalue weighted by Crippen LogP contribution is -2.01. The quantitative estimate of drug-likeness (QED) is 0.184. The van der Waals surface area contributed by atoms with Crippen molar-refractivity contribution in [2.24, 2.45) is 0 Å². The van der Waals surface area contributed by atoms with Crippen LogP contribution < -0.4 is 10.6 Å². The first-order chi connectivity index (χ1) is 24.7.